The maximum Gasteiger partial charge on any atom is 0.0230 e. The van der Waals surface area contributed by atoms with Gasteiger partial charge in [-0.05, 0) is 57.7 Å². The molecule has 1 rings (SSSR count). The maximum absolute atomic E-state index is 3.47. The smallest absolute Gasteiger partial charge is 0.0230 e. The van der Waals surface area contributed by atoms with Crippen molar-refractivity contribution in [2.45, 2.75) is 66.2 Å². The monoisotopic (exact) mass is 294 g/mol. The average molecular weight is 294 g/mol. The minimum Gasteiger partial charge on any atom is -0.125 e. The summed E-state index contributed by atoms with van der Waals surface area (Å²) in [5, 5.41) is 0. The molecule has 1 aromatic carbocycles. The number of hydrogen-bond donors (Lipinski definition) is 0. The molecule has 0 radical (unpaired) electrons. The van der Waals surface area contributed by atoms with Crippen LogP contribution in [0, 0.1) is 17.3 Å². The van der Waals surface area contributed by atoms with Gasteiger partial charge in [-0.1, -0.05) is 50.1 Å². The number of benzene rings is 1. The van der Waals surface area contributed by atoms with Crippen LogP contribution in [0.5, 0.6) is 0 Å². The summed E-state index contributed by atoms with van der Waals surface area (Å²) in [5.74, 6) is 6.56. The lowest BCUT2D eigenvalue weighted by molar-refractivity contribution is 0.570. The Morgan fingerprint density at radius 2 is 1.68 bits per heavy atom. The Hall–Kier alpha value is -1.70. The van der Waals surface area contributed by atoms with Crippen LogP contribution < -0.4 is 0 Å². The first-order chi connectivity index (χ1) is 10.2. The van der Waals surface area contributed by atoms with Crippen molar-refractivity contribution in [3.05, 3.63) is 53.3 Å². The highest BCUT2D eigenvalue weighted by Gasteiger charge is 2.15. The molecule has 22 heavy (non-hydrogen) atoms. The molecule has 0 amide bonds. The Morgan fingerprint density at radius 3 is 2.27 bits per heavy atom. The van der Waals surface area contributed by atoms with Crippen LogP contribution in [0.2, 0.25) is 0 Å². The highest BCUT2D eigenvalue weighted by Crippen LogP contribution is 2.24. The number of rotatable bonds is 5. The van der Waals surface area contributed by atoms with Gasteiger partial charge in [0.05, 0.1) is 0 Å². The van der Waals surface area contributed by atoms with Gasteiger partial charge in [-0.3, -0.25) is 0 Å². The van der Waals surface area contributed by atoms with E-state index in [9.17, 15) is 0 Å². The van der Waals surface area contributed by atoms with Gasteiger partial charge in [0.25, 0.3) is 0 Å². The molecule has 0 saturated heterocycles. The van der Waals surface area contributed by atoms with E-state index in [2.05, 4.69) is 95.5 Å². The lowest BCUT2D eigenvalue weighted by Gasteiger charge is -2.19. The molecule has 0 atom stereocenters. The van der Waals surface area contributed by atoms with Gasteiger partial charge in [-0.25, -0.2) is 0 Å². The molecule has 0 aromatic heterocycles. The van der Waals surface area contributed by atoms with Crippen molar-refractivity contribution in [3.8, 4) is 11.8 Å². The highest BCUT2D eigenvalue weighted by molar-refractivity contribution is 5.28. The minimum absolute atomic E-state index is 0.0224. The summed E-state index contributed by atoms with van der Waals surface area (Å²) >= 11 is 0. The van der Waals surface area contributed by atoms with E-state index in [1.807, 2.05) is 0 Å². The molecule has 0 fully saturated rings. The number of allylic oxidation sites excluding steroid dienone is 1. The second-order valence-electron chi connectivity index (χ2n) is 7.56. The number of unbranched alkanes of at least 4 members (excludes halogenated alkanes) is 1. The molecule has 0 spiro atoms. The first-order valence-electron chi connectivity index (χ1n) is 8.20. The van der Waals surface area contributed by atoms with Gasteiger partial charge in [0.1, 0.15) is 0 Å². The standard InChI is InChI=1S/C22H30/c1-19(13-9-8-12-17-21(2,3)4)16-18-22(5,6)20-14-10-7-11-15-20/h7,10-11,14-15,18H,8-9,13H2,1-6H3. The maximum atomic E-state index is 3.47. The molecule has 0 nitrogen and oxygen atoms in total. The molecule has 0 aliphatic carbocycles. The van der Waals surface area contributed by atoms with Crippen LogP contribution in [-0.4, -0.2) is 0 Å². The second kappa shape index (κ2) is 8.07. The summed E-state index contributed by atoms with van der Waals surface area (Å²) in [5.41, 5.74) is 6.24. The molecule has 118 valence electrons. The third kappa shape index (κ3) is 7.35. The van der Waals surface area contributed by atoms with Gasteiger partial charge in [-0.2, -0.15) is 0 Å². The average Bonchev–Trinajstić information content (AvgIpc) is 2.45. The largest absolute Gasteiger partial charge is 0.125 e. The molecular formula is C22H30. The van der Waals surface area contributed by atoms with Crippen LogP contribution in [0.3, 0.4) is 0 Å². The van der Waals surface area contributed by atoms with Crippen molar-refractivity contribution >= 4 is 0 Å². The summed E-state index contributed by atoms with van der Waals surface area (Å²) in [7, 11) is 0. The molecule has 0 aliphatic rings. The molecule has 0 heteroatoms. The fraction of sp³-hybridized carbons (Fsp3) is 0.500. The van der Waals surface area contributed by atoms with Crippen molar-refractivity contribution in [1.82, 2.24) is 0 Å². The van der Waals surface area contributed by atoms with E-state index in [1.165, 1.54) is 11.1 Å². The second-order valence-corrected chi connectivity index (χ2v) is 7.56. The lowest BCUT2D eigenvalue weighted by atomic mass is 9.84. The zero-order valence-electron chi connectivity index (χ0n) is 15.1. The first kappa shape index (κ1) is 18.3. The topological polar surface area (TPSA) is 0 Å². The Labute approximate surface area is 137 Å². The fourth-order valence-electron chi connectivity index (χ4n) is 2.10. The van der Waals surface area contributed by atoms with Crippen LogP contribution >= 0.6 is 0 Å². The van der Waals surface area contributed by atoms with E-state index < -0.39 is 0 Å². The van der Waals surface area contributed by atoms with Gasteiger partial charge in [-0.15, -0.1) is 11.7 Å². The summed E-state index contributed by atoms with van der Waals surface area (Å²) in [6.45, 7) is 13.1. The van der Waals surface area contributed by atoms with Crippen molar-refractivity contribution in [2.24, 2.45) is 5.41 Å². The third-order valence-electron chi connectivity index (χ3n) is 3.51. The van der Waals surface area contributed by atoms with Crippen molar-refractivity contribution in [1.29, 1.82) is 0 Å². The van der Waals surface area contributed by atoms with Crippen LogP contribution in [0.1, 0.15) is 66.4 Å². The molecule has 0 unspecified atom stereocenters. The van der Waals surface area contributed by atoms with Gasteiger partial charge in [0, 0.05) is 17.3 Å². The van der Waals surface area contributed by atoms with Gasteiger partial charge < -0.3 is 0 Å². The molecule has 1 aromatic rings. The van der Waals surface area contributed by atoms with E-state index in [-0.39, 0.29) is 10.8 Å². The van der Waals surface area contributed by atoms with Crippen molar-refractivity contribution in [2.75, 3.05) is 0 Å². The van der Waals surface area contributed by atoms with Crippen molar-refractivity contribution < 1.29 is 0 Å². The van der Waals surface area contributed by atoms with Crippen LogP contribution in [0.15, 0.2) is 47.7 Å². The van der Waals surface area contributed by atoms with Crippen LogP contribution in [0.25, 0.3) is 0 Å². The van der Waals surface area contributed by atoms with E-state index in [0.717, 1.165) is 19.3 Å². The third-order valence-corrected chi connectivity index (χ3v) is 3.51. The Kier molecular flexibility index (Phi) is 6.73. The SMILES string of the molecule is CC(=C=CC(C)(C)c1ccccc1)CCCC#CC(C)(C)C. The minimum atomic E-state index is 0.0224. The predicted octanol–water partition coefficient (Wildman–Crippen LogP) is 6.29. The fourth-order valence-corrected chi connectivity index (χ4v) is 2.10. The molecule has 0 N–H and O–H groups in total. The molecule has 0 bridgehead atoms. The zero-order valence-corrected chi connectivity index (χ0v) is 15.1. The van der Waals surface area contributed by atoms with Gasteiger partial charge >= 0.3 is 0 Å². The predicted molar refractivity (Wildman–Crippen MR) is 97.8 cm³/mol. The van der Waals surface area contributed by atoms with Gasteiger partial charge in [0.2, 0.25) is 0 Å². The summed E-state index contributed by atoms with van der Waals surface area (Å²) in [6, 6.07) is 10.6. The highest BCUT2D eigenvalue weighted by atomic mass is 14.2. The van der Waals surface area contributed by atoms with E-state index in [0.29, 0.717) is 0 Å². The van der Waals surface area contributed by atoms with Crippen LogP contribution in [0.4, 0.5) is 0 Å². The Morgan fingerprint density at radius 1 is 1.05 bits per heavy atom. The van der Waals surface area contributed by atoms with Crippen LogP contribution in [-0.2, 0) is 5.41 Å². The molecular weight excluding hydrogens is 264 g/mol. The zero-order chi connectivity index (χ0) is 16.6. The molecule has 0 heterocycles. The molecule has 0 saturated carbocycles. The Bertz CT molecular complexity index is 576. The van der Waals surface area contributed by atoms with Gasteiger partial charge in [0.15, 0.2) is 0 Å². The van der Waals surface area contributed by atoms with E-state index in [1.54, 1.807) is 0 Å². The first-order valence-corrected chi connectivity index (χ1v) is 8.20. The quantitative estimate of drug-likeness (QED) is 0.340. The summed E-state index contributed by atoms with van der Waals surface area (Å²) < 4.78 is 0. The lowest BCUT2D eigenvalue weighted by Crippen LogP contribution is -2.12. The Balaban J connectivity index is 2.59. The summed E-state index contributed by atoms with van der Waals surface area (Å²) in [4.78, 5) is 0. The number of hydrogen-bond acceptors (Lipinski definition) is 0. The molecule has 0 aliphatic heterocycles. The van der Waals surface area contributed by atoms with E-state index in [4.69, 9.17) is 0 Å². The normalized spacial score (nSPS) is 11.2. The summed E-state index contributed by atoms with van der Waals surface area (Å²) in [6.07, 6.45) is 5.35. The van der Waals surface area contributed by atoms with E-state index >= 15 is 0 Å². The van der Waals surface area contributed by atoms with Crippen molar-refractivity contribution in [3.63, 3.8) is 0 Å².